The molecule has 2 N–H and O–H groups in total. The third-order valence-corrected chi connectivity index (χ3v) is 13.9. The van der Waals surface area contributed by atoms with E-state index in [4.69, 9.17) is 13.8 Å². The summed E-state index contributed by atoms with van der Waals surface area (Å²) in [5.74, 6) is -0.529. The standard InChI is InChI=1S/C62H113N2O7P/c1-7-10-13-16-19-22-25-28-30-31-32-33-34-36-39-42-45-48-51-54-61(65)63-59(58-70-72(67,68)69-57-56-64(4,5)6)60(53-50-47-44-41-38-35-27-24-21-18-15-12-9-3)71-62(66)55-52-49-46-43-40-37-29-26-23-20-17-14-11-8-2/h11,14,19-20,22-23,28,30,32-33,50,53,59-60H,7-10,12-13,15-18,21,24-27,29,31,34-49,51-52,54-58H2,1-6H3,(H-,63,65,67,68)/p+1/b14-11+,22-19-,23-20+,30-28-,33-32-,53-50-. The van der Waals surface area contributed by atoms with E-state index in [2.05, 4.69) is 86.8 Å². The maximum Gasteiger partial charge on any atom is 0.472 e. The van der Waals surface area contributed by atoms with Crippen LogP contribution in [0.25, 0.3) is 0 Å². The zero-order valence-electron chi connectivity index (χ0n) is 47.7. The Kier molecular flexibility index (Phi) is 50.1. The molecule has 0 aliphatic heterocycles. The zero-order valence-corrected chi connectivity index (χ0v) is 48.6. The van der Waals surface area contributed by atoms with Crippen molar-refractivity contribution in [1.29, 1.82) is 0 Å². The van der Waals surface area contributed by atoms with Gasteiger partial charge in [-0.1, -0.05) is 222 Å². The zero-order chi connectivity index (χ0) is 52.9. The second-order valence-electron chi connectivity index (χ2n) is 21.1. The summed E-state index contributed by atoms with van der Waals surface area (Å²) in [6, 6.07) is -0.860. The molecule has 418 valence electrons. The number of carbonyl (C=O) groups excluding carboxylic acids is 2. The molecule has 0 saturated carbocycles. The van der Waals surface area contributed by atoms with E-state index < -0.39 is 20.0 Å². The van der Waals surface area contributed by atoms with Crippen LogP contribution in [-0.4, -0.2) is 74.3 Å². The predicted molar refractivity (Wildman–Crippen MR) is 309 cm³/mol. The number of nitrogens with zero attached hydrogens (tertiary/aromatic N) is 1. The largest absolute Gasteiger partial charge is 0.472 e. The molecule has 0 aliphatic rings. The Morgan fingerprint density at radius 3 is 1.36 bits per heavy atom. The van der Waals surface area contributed by atoms with Gasteiger partial charge in [0.25, 0.3) is 0 Å². The van der Waals surface area contributed by atoms with Gasteiger partial charge < -0.3 is 19.4 Å². The van der Waals surface area contributed by atoms with Gasteiger partial charge in [-0.05, 0) is 96.0 Å². The average Bonchev–Trinajstić information content (AvgIpc) is 3.34. The minimum Gasteiger partial charge on any atom is -0.456 e. The number of rotatable bonds is 53. The minimum atomic E-state index is -4.45. The molecule has 0 spiro atoms. The predicted octanol–water partition coefficient (Wildman–Crippen LogP) is 18.1. The number of nitrogens with one attached hydrogen (secondary N) is 1. The van der Waals surface area contributed by atoms with Crippen LogP contribution < -0.4 is 5.32 Å². The van der Waals surface area contributed by atoms with Crippen molar-refractivity contribution in [3.05, 3.63) is 72.9 Å². The van der Waals surface area contributed by atoms with Gasteiger partial charge in [-0.3, -0.25) is 18.6 Å². The van der Waals surface area contributed by atoms with Crippen LogP contribution in [0.4, 0.5) is 0 Å². The number of allylic oxidation sites excluding steroid dienone is 11. The molecule has 0 radical (unpaired) electrons. The van der Waals surface area contributed by atoms with Crippen molar-refractivity contribution in [2.24, 2.45) is 0 Å². The number of phosphoric ester groups is 1. The van der Waals surface area contributed by atoms with E-state index in [0.717, 1.165) is 109 Å². The molecule has 0 aliphatic carbocycles. The fourth-order valence-corrected chi connectivity index (χ4v) is 9.01. The molecule has 0 fully saturated rings. The van der Waals surface area contributed by atoms with Crippen LogP contribution >= 0.6 is 7.82 Å². The van der Waals surface area contributed by atoms with Crippen LogP contribution in [-0.2, 0) is 27.9 Å². The molecule has 0 bridgehead atoms. The number of esters is 1. The molecular weight excluding hydrogens is 916 g/mol. The second-order valence-corrected chi connectivity index (χ2v) is 22.6. The lowest BCUT2D eigenvalue weighted by Crippen LogP contribution is -2.47. The van der Waals surface area contributed by atoms with Gasteiger partial charge in [-0.15, -0.1) is 0 Å². The first-order valence-corrected chi connectivity index (χ1v) is 31.3. The van der Waals surface area contributed by atoms with Gasteiger partial charge in [0.2, 0.25) is 5.91 Å². The molecule has 0 aromatic heterocycles. The minimum absolute atomic E-state index is 0.0337. The van der Waals surface area contributed by atoms with Crippen LogP contribution in [0.2, 0.25) is 0 Å². The number of unbranched alkanes of at least 4 members (excludes halogenated alkanes) is 27. The summed E-state index contributed by atoms with van der Waals surface area (Å²) in [5, 5.41) is 3.04. The van der Waals surface area contributed by atoms with E-state index in [-0.39, 0.29) is 31.5 Å². The van der Waals surface area contributed by atoms with Crippen LogP contribution in [0.3, 0.4) is 0 Å². The summed E-state index contributed by atoms with van der Waals surface area (Å²) in [5.41, 5.74) is 0. The van der Waals surface area contributed by atoms with E-state index >= 15 is 0 Å². The first-order chi connectivity index (χ1) is 34.9. The molecule has 0 heterocycles. The summed E-state index contributed by atoms with van der Waals surface area (Å²) in [7, 11) is 1.48. The van der Waals surface area contributed by atoms with Crippen molar-refractivity contribution >= 4 is 19.7 Å². The first kappa shape index (κ1) is 69.5. The summed E-state index contributed by atoms with van der Waals surface area (Å²) in [4.78, 5) is 37.6. The van der Waals surface area contributed by atoms with Crippen LogP contribution in [0.15, 0.2) is 72.9 Å². The normalized spacial score (nSPS) is 14.3. The first-order valence-electron chi connectivity index (χ1n) is 29.8. The fourth-order valence-electron chi connectivity index (χ4n) is 8.28. The highest BCUT2D eigenvalue weighted by atomic mass is 31.2. The number of phosphoric acid groups is 1. The van der Waals surface area contributed by atoms with E-state index in [0.29, 0.717) is 17.4 Å². The molecule has 0 rings (SSSR count). The lowest BCUT2D eigenvalue weighted by Gasteiger charge is -2.27. The highest BCUT2D eigenvalue weighted by molar-refractivity contribution is 7.47. The van der Waals surface area contributed by atoms with Crippen molar-refractivity contribution < 1.29 is 37.3 Å². The second kappa shape index (κ2) is 51.9. The van der Waals surface area contributed by atoms with Crippen molar-refractivity contribution in [3.8, 4) is 0 Å². The molecule has 0 aromatic carbocycles. The molecule has 1 amide bonds. The Labute approximate surface area is 444 Å². The monoisotopic (exact) mass is 1030 g/mol. The maximum atomic E-state index is 13.5. The Morgan fingerprint density at radius 1 is 0.500 bits per heavy atom. The van der Waals surface area contributed by atoms with E-state index in [1.165, 1.54) is 116 Å². The number of carbonyl (C=O) groups is 2. The van der Waals surface area contributed by atoms with Crippen molar-refractivity contribution in [3.63, 3.8) is 0 Å². The highest BCUT2D eigenvalue weighted by Gasteiger charge is 2.30. The maximum absolute atomic E-state index is 13.5. The molecule has 3 atom stereocenters. The van der Waals surface area contributed by atoms with E-state index in [1.54, 1.807) is 0 Å². The molecule has 10 heteroatoms. The molecular formula is C62H114N2O7P+. The van der Waals surface area contributed by atoms with Gasteiger partial charge in [0.15, 0.2) is 0 Å². The Bertz CT molecular complexity index is 1460. The van der Waals surface area contributed by atoms with E-state index in [9.17, 15) is 19.0 Å². The molecule has 3 unspecified atom stereocenters. The highest BCUT2D eigenvalue weighted by Crippen LogP contribution is 2.43. The van der Waals surface area contributed by atoms with Gasteiger partial charge in [0.05, 0.1) is 33.8 Å². The number of hydrogen-bond acceptors (Lipinski definition) is 6. The quantitative estimate of drug-likeness (QED) is 0.0205. The van der Waals surface area contributed by atoms with Gasteiger partial charge in [0, 0.05) is 12.8 Å². The van der Waals surface area contributed by atoms with Gasteiger partial charge >= 0.3 is 13.8 Å². The van der Waals surface area contributed by atoms with Crippen LogP contribution in [0, 0.1) is 0 Å². The number of ether oxygens (including phenoxy) is 1. The topological polar surface area (TPSA) is 111 Å². The Morgan fingerprint density at radius 2 is 0.889 bits per heavy atom. The van der Waals surface area contributed by atoms with Crippen molar-refractivity contribution in [2.45, 2.75) is 270 Å². The average molecular weight is 1030 g/mol. The summed E-state index contributed by atoms with van der Waals surface area (Å²) < 4.78 is 30.6. The summed E-state index contributed by atoms with van der Waals surface area (Å²) >= 11 is 0. The van der Waals surface area contributed by atoms with Crippen molar-refractivity contribution in [2.75, 3.05) is 40.9 Å². The van der Waals surface area contributed by atoms with Crippen LogP contribution in [0.5, 0.6) is 0 Å². The van der Waals surface area contributed by atoms with E-state index in [1.807, 2.05) is 33.3 Å². The number of amides is 1. The van der Waals surface area contributed by atoms with Gasteiger partial charge in [-0.25, -0.2) is 4.57 Å². The number of likely N-dealkylation sites (N-methyl/N-ethyl adjacent to an activating group) is 1. The SMILES string of the molecule is CC/C=C/C/C=C/CCCCCCCCCC(=O)OC(/C=C\CCCCCCCCCCCCC)C(COP(=O)(O)OCC[N+](C)(C)C)NC(=O)CCCCCCCC/C=C\C/C=C\C/C=C\CCCCC. The molecule has 0 aromatic rings. The molecule has 0 saturated heterocycles. The summed E-state index contributed by atoms with van der Waals surface area (Å²) in [6.45, 7) is 6.87. The fraction of sp³-hybridized carbons (Fsp3) is 0.774. The number of quaternary nitrogens is 1. The van der Waals surface area contributed by atoms with Crippen molar-refractivity contribution in [1.82, 2.24) is 5.32 Å². The lowest BCUT2D eigenvalue weighted by atomic mass is 10.0. The van der Waals surface area contributed by atoms with Gasteiger partial charge in [0.1, 0.15) is 19.3 Å². The van der Waals surface area contributed by atoms with Gasteiger partial charge in [-0.2, -0.15) is 0 Å². The smallest absolute Gasteiger partial charge is 0.456 e. The number of hydrogen-bond donors (Lipinski definition) is 2. The third kappa shape index (κ3) is 52.3. The Balaban J connectivity index is 5.35. The molecule has 72 heavy (non-hydrogen) atoms. The van der Waals surface area contributed by atoms with Crippen LogP contribution in [0.1, 0.15) is 258 Å². The molecule has 9 nitrogen and oxygen atoms in total. The summed E-state index contributed by atoms with van der Waals surface area (Å²) in [6.07, 6.45) is 66.0. The third-order valence-electron chi connectivity index (χ3n) is 12.9. The Hall–Kier alpha value is -2.55. The lowest BCUT2D eigenvalue weighted by molar-refractivity contribution is -0.870.